The highest BCUT2D eigenvalue weighted by molar-refractivity contribution is 6.05. The van der Waals surface area contributed by atoms with E-state index in [1.807, 2.05) is 60.8 Å². The van der Waals surface area contributed by atoms with Gasteiger partial charge >= 0.3 is 6.09 Å². The number of amides is 2. The molecule has 0 bridgehead atoms. The largest absolute Gasteiger partial charge is 0.465 e. The van der Waals surface area contributed by atoms with E-state index in [2.05, 4.69) is 45.9 Å². The molecule has 174 valence electrons. The number of carboxylic acid groups (broad SMARTS) is 1. The van der Waals surface area contributed by atoms with Crippen LogP contribution in [-0.4, -0.2) is 38.1 Å². The summed E-state index contributed by atoms with van der Waals surface area (Å²) in [4.78, 5) is 29.6. The van der Waals surface area contributed by atoms with Crippen LogP contribution in [0.2, 0.25) is 0 Å². The van der Waals surface area contributed by atoms with Gasteiger partial charge in [0.2, 0.25) is 0 Å². The van der Waals surface area contributed by atoms with Crippen LogP contribution in [0, 0.1) is 0 Å². The van der Waals surface area contributed by atoms with E-state index in [-0.39, 0.29) is 6.54 Å². The highest BCUT2D eigenvalue weighted by Gasteiger charge is 2.38. The van der Waals surface area contributed by atoms with Gasteiger partial charge in [0.15, 0.2) is 0 Å². The summed E-state index contributed by atoms with van der Waals surface area (Å²) in [7, 11) is 0. The van der Waals surface area contributed by atoms with Crippen molar-refractivity contribution in [3.63, 3.8) is 0 Å². The monoisotopic (exact) mass is 463 g/mol. The Labute approximate surface area is 203 Å². The third-order valence-electron chi connectivity index (χ3n) is 6.47. The van der Waals surface area contributed by atoms with Crippen LogP contribution in [0.1, 0.15) is 35.2 Å². The zero-order valence-corrected chi connectivity index (χ0v) is 19.1. The summed E-state index contributed by atoms with van der Waals surface area (Å²) in [5.74, 6) is -0.473. The molecule has 6 nitrogen and oxygen atoms in total. The van der Waals surface area contributed by atoms with Crippen molar-refractivity contribution in [2.75, 3.05) is 6.54 Å². The van der Waals surface area contributed by atoms with E-state index in [0.29, 0.717) is 24.1 Å². The minimum atomic E-state index is -1.22. The molecule has 2 amide bonds. The number of piperidine rings is 1. The van der Waals surface area contributed by atoms with Crippen LogP contribution in [0.25, 0.3) is 6.08 Å². The van der Waals surface area contributed by atoms with Crippen molar-refractivity contribution in [1.29, 1.82) is 0 Å². The number of rotatable bonds is 5. The quantitative estimate of drug-likeness (QED) is 0.317. The van der Waals surface area contributed by atoms with Crippen molar-refractivity contribution in [1.82, 2.24) is 14.5 Å². The van der Waals surface area contributed by atoms with Crippen molar-refractivity contribution in [3.05, 3.63) is 131 Å². The number of carbonyl (C=O) groups excluding carboxylic acids is 1. The summed E-state index contributed by atoms with van der Waals surface area (Å²) in [6.45, 7) is 0.221. The van der Waals surface area contributed by atoms with Gasteiger partial charge in [-0.05, 0) is 35.6 Å². The Morgan fingerprint density at radius 2 is 1.37 bits per heavy atom. The average Bonchev–Trinajstić information content (AvgIpc) is 3.36. The smallest absolute Gasteiger partial charge is 0.414 e. The van der Waals surface area contributed by atoms with Crippen LogP contribution in [0.5, 0.6) is 0 Å². The predicted molar refractivity (Wildman–Crippen MR) is 134 cm³/mol. The van der Waals surface area contributed by atoms with E-state index in [1.165, 1.54) is 0 Å². The molecule has 1 N–H and O–H groups in total. The first-order valence-corrected chi connectivity index (χ1v) is 11.6. The van der Waals surface area contributed by atoms with Gasteiger partial charge in [-0.2, -0.15) is 0 Å². The van der Waals surface area contributed by atoms with Crippen molar-refractivity contribution in [2.45, 2.75) is 18.4 Å². The average molecular weight is 464 g/mol. The van der Waals surface area contributed by atoms with Crippen LogP contribution in [0.15, 0.2) is 109 Å². The normalized spacial score (nSPS) is 15.4. The Kier molecular flexibility index (Phi) is 6.02. The second-order valence-corrected chi connectivity index (χ2v) is 8.53. The zero-order chi connectivity index (χ0) is 24.3. The van der Waals surface area contributed by atoms with Crippen LogP contribution in [-0.2, 0) is 10.3 Å². The first kappa shape index (κ1) is 22.3. The Hall–Kier alpha value is -4.45. The van der Waals surface area contributed by atoms with Crippen LogP contribution in [0.4, 0.5) is 4.79 Å². The Bertz CT molecular complexity index is 1270. The molecule has 0 saturated carbocycles. The standard InChI is InChI=1S/C29H25N3O3/c33-27-22(11-10-18-32(27)28(34)35)19-26-20-31(21-30-26)29(23-12-4-1-5-13-23,24-14-6-2-7-15-24)25-16-8-3-9-17-25/h1-9,12-17,19-21H,10-11,18H2,(H,34,35)/b22-19+. The van der Waals surface area contributed by atoms with Crippen molar-refractivity contribution in [3.8, 4) is 0 Å². The Morgan fingerprint density at radius 1 is 0.857 bits per heavy atom. The molecule has 5 rings (SSSR count). The third-order valence-corrected chi connectivity index (χ3v) is 6.47. The summed E-state index contributed by atoms with van der Waals surface area (Å²) < 4.78 is 2.07. The van der Waals surface area contributed by atoms with E-state index >= 15 is 0 Å². The van der Waals surface area contributed by atoms with Gasteiger partial charge in [0.1, 0.15) is 5.54 Å². The molecule has 0 unspecified atom stereocenters. The summed E-state index contributed by atoms with van der Waals surface area (Å²) in [6.07, 6.45) is 5.32. The fourth-order valence-electron chi connectivity index (χ4n) is 4.89. The SMILES string of the molecule is O=C(O)N1CCC/C(=C\c2cn(C(c3ccccc3)(c3ccccc3)c3ccccc3)cn2)C1=O. The maximum absolute atomic E-state index is 12.7. The van der Waals surface area contributed by atoms with E-state index < -0.39 is 17.5 Å². The second kappa shape index (κ2) is 9.43. The molecule has 0 atom stereocenters. The number of benzene rings is 3. The summed E-state index contributed by atoms with van der Waals surface area (Å²) >= 11 is 0. The second-order valence-electron chi connectivity index (χ2n) is 8.53. The highest BCUT2D eigenvalue weighted by atomic mass is 16.4. The van der Waals surface area contributed by atoms with Gasteiger partial charge in [-0.3, -0.25) is 4.79 Å². The maximum Gasteiger partial charge on any atom is 0.414 e. The highest BCUT2D eigenvalue weighted by Crippen LogP contribution is 2.40. The lowest BCUT2D eigenvalue weighted by Gasteiger charge is -2.37. The van der Waals surface area contributed by atoms with Crippen LogP contribution >= 0.6 is 0 Å². The van der Waals surface area contributed by atoms with E-state index in [0.717, 1.165) is 21.6 Å². The van der Waals surface area contributed by atoms with Gasteiger partial charge in [0.25, 0.3) is 5.91 Å². The molecule has 1 aliphatic heterocycles. The summed E-state index contributed by atoms with van der Waals surface area (Å²) in [5, 5.41) is 9.34. The van der Waals surface area contributed by atoms with Gasteiger partial charge in [-0.1, -0.05) is 91.0 Å². The summed E-state index contributed by atoms with van der Waals surface area (Å²) in [5.41, 5.74) is 3.57. The number of aromatic nitrogens is 2. The van der Waals surface area contributed by atoms with Gasteiger partial charge in [0.05, 0.1) is 12.0 Å². The number of hydrogen-bond donors (Lipinski definition) is 1. The third kappa shape index (κ3) is 4.04. The van der Waals surface area contributed by atoms with E-state index in [4.69, 9.17) is 0 Å². The topological polar surface area (TPSA) is 75.4 Å². The zero-order valence-electron chi connectivity index (χ0n) is 19.1. The fraction of sp³-hybridized carbons (Fsp3) is 0.138. The molecule has 1 saturated heterocycles. The molecule has 0 aliphatic carbocycles. The lowest BCUT2D eigenvalue weighted by molar-refractivity contribution is -0.126. The van der Waals surface area contributed by atoms with E-state index in [9.17, 15) is 14.7 Å². The first-order chi connectivity index (χ1) is 17.1. The fourth-order valence-corrected chi connectivity index (χ4v) is 4.89. The summed E-state index contributed by atoms with van der Waals surface area (Å²) in [6, 6.07) is 30.8. The number of hydrogen-bond acceptors (Lipinski definition) is 3. The van der Waals surface area contributed by atoms with Gasteiger partial charge in [-0.25, -0.2) is 14.7 Å². The molecule has 0 radical (unpaired) electrons. The molecule has 2 heterocycles. The molecule has 6 heteroatoms. The molecule has 0 spiro atoms. The van der Waals surface area contributed by atoms with Crippen molar-refractivity contribution >= 4 is 18.1 Å². The molecule has 1 fully saturated rings. The molecular formula is C29H25N3O3. The van der Waals surface area contributed by atoms with Crippen LogP contribution < -0.4 is 0 Å². The minimum Gasteiger partial charge on any atom is -0.465 e. The molecule has 3 aromatic carbocycles. The number of imide groups is 1. The number of likely N-dealkylation sites (tertiary alicyclic amines) is 1. The Morgan fingerprint density at radius 3 is 1.86 bits per heavy atom. The lowest BCUT2D eigenvalue weighted by Crippen LogP contribution is -2.40. The van der Waals surface area contributed by atoms with Gasteiger partial charge < -0.3 is 9.67 Å². The van der Waals surface area contributed by atoms with Crippen LogP contribution in [0.3, 0.4) is 0 Å². The molecule has 1 aliphatic rings. The molecule has 1 aromatic heterocycles. The minimum absolute atomic E-state index is 0.221. The van der Waals surface area contributed by atoms with Crippen molar-refractivity contribution < 1.29 is 14.7 Å². The van der Waals surface area contributed by atoms with E-state index in [1.54, 1.807) is 12.4 Å². The molecule has 4 aromatic rings. The first-order valence-electron chi connectivity index (χ1n) is 11.6. The number of nitrogens with zero attached hydrogens (tertiary/aromatic N) is 3. The van der Waals surface area contributed by atoms with Gasteiger partial charge in [0, 0.05) is 18.3 Å². The number of imidazole rings is 1. The Balaban J connectivity index is 1.68. The lowest BCUT2D eigenvalue weighted by atomic mass is 9.77. The predicted octanol–water partition coefficient (Wildman–Crippen LogP) is 5.41. The van der Waals surface area contributed by atoms with Crippen molar-refractivity contribution in [2.24, 2.45) is 0 Å². The molecule has 35 heavy (non-hydrogen) atoms. The van der Waals surface area contributed by atoms with Gasteiger partial charge in [-0.15, -0.1) is 0 Å². The molecular weight excluding hydrogens is 438 g/mol. The maximum atomic E-state index is 12.7. The number of carbonyl (C=O) groups is 2.